The second-order valence-corrected chi connectivity index (χ2v) is 7.86. The number of anilines is 1. The van der Waals surface area contributed by atoms with Crippen molar-refractivity contribution in [1.82, 2.24) is 15.3 Å². The van der Waals surface area contributed by atoms with Gasteiger partial charge in [-0.1, -0.05) is 67.2 Å². The van der Waals surface area contributed by atoms with Crippen molar-refractivity contribution in [3.8, 4) is 0 Å². The van der Waals surface area contributed by atoms with Gasteiger partial charge in [0.1, 0.15) is 0 Å². The van der Waals surface area contributed by atoms with Gasteiger partial charge < -0.3 is 15.6 Å². The Balaban J connectivity index is 1.44. The zero-order valence-corrected chi connectivity index (χ0v) is 18.0. The van der Waals surface area contributed by atoms with Gasteiger partial charge >= 0.3 is 0 Å². The number of benzene rings is 2. The summed E-state index contributed by atoms with van der Waals surface area (Å²) < 4.78 is 0. The Bertz CT molecular complexity index is 1000. The minimum Gasteiger partial charge on any atom is -0.346 e. The van der Waals surface area contributed by atoms with Crippen LogP contribution in [-0.4, -0.2) is 34.1 Å². The Labute approximate surface area is 180 Å². The van der Waals surface area contributed by atoms with Crippen molar-refractivity contribution >= 4 is 29.3 Å². The number of para-hydroxylation sites is 1. The van der Waals surface area contributed by atoms with Crippen LogP contribution < -0.4 is 10.6 Å². The second kappa shape index (κ2) is 10.6. The van der Waals surface area contributed by atoms with E-state index >= 15 is 0 Å². The van der Waals surface area contributed by atoms with E-state index in [1.807, 2.05) is 56.3 Å². The van der Waals surface area contributed by atoms with Crippen LogP contribution >= 0.6 is 11.8 Å². The lowest BCUT2D eigenvalue weighted by molar-refractivity contribution is -0.122. The molecule has 30 heavy (non-hydrogen) atoms. The maximum absolute atomic E-state index is 12.1. The Hall–Kier alpha value is -3.06. The van der Waals surface area contributed by atoms with Crippen LogP contribution in [0.4, 0.5) is 5.69 Å². The lowest BCUT2D eigenvalue weighted by Crippen LogP contribution is -2.34. The first-order chi connectivity index (χ1) is 14.5. The van der Waals surface area contributed by atoms with Crippen molar-refractivity contribution in [2.45, 2.75) is 31.8 Å². The molecule has 3 aromatic rings. The number of aromatic amines is 1. The quantitative estimate of drug-likeness (QED) is 0.459. The first-order valence-electron chi connectivity index (χ1n) is 9.91. The number of hydrogen-bond donors (Lipinski definition) is 3. The second-order valence-electron chi connectivity index (χ2n) is 6.90. The number of aryl methyl sites for hydroxylation is 2. The van der Waals surface area contributed by atoms with Gasteiger partial charge in [0.15, 0.2) is 5.16 Å². The lowest BCUT2D eigenvalue weighted by Gasteiger charge is -2.10. The number of thioether (sulfide) groups is 1. The highest BCUT2D eigenvalue weighted by Gasteiger charge is 2.12. The van der Waals surface area contributed by atoms with Crippen LogP contribution in [0, 0.1) is 6.92 Å². The third-order valence-electron chi connectivity index (χ3n) is 4.64. The van der Waals surface area contributed by atoms with E-state index in [1.54, 1.807) is 0 Å². The molecule has 6 nitrogen and oxygen atoms in total. The van der Waals surface area contributed by atoms with Gasteiger partial charge in [0.2, 0.25) is 11.8 Å². The number of hydrogen-bond acceptors (Lipinski definition) is 4. The monoisotopic (exact) mass is 422 g/mol. The van der Waals surface area contributed by atoms with Crippen molar-refractivity contribution in [2.75, 3.05) is 17.6 Å². The fraction of sp³-hybridized carbons (Fsp3) is 0.261. The van der Waals surface area contributed by atoms with Crippen LogP contribution in [0.25, 0.3) is 0 Å². The topological polar surface area (TPSA) is 86.9 Å². The van der Waals surface area contributed by atoms with Gasteiger partial charge in [0, 0.05) is 17.8 Å². The largest absolute Gasteiger partial charge is 0.346 e. The maximum atomic E-state index is 12.1. The fourth-order valence-electron chi connectivity index (χ4n) is 3.01. The third-order valence-corrected chi connectivity index (χ3v) is 5.51. The smallest absolute Gasteiger partial charge is 0.243 e. The molecule has 1 heterocycles. The molecule has 3 N–H and O–H groups in total. The molecule has 1 aromatic heterocycles. The van der Waals surface area contributed by atoms with E-state index in [4.69, 9.17) is 0 Å². The van der Waals surface area contributed by atoms with Crippen LogP contribution in [-0.2, 0) is 22.4 Å². The molecule has 0 bridgehead atoms. The molecule has 0 saturated heterocycles. The van der Waals surface area contributed by atoms with Crippen LogP contribution in [0.5, 0.6) is 0 Å². The number of nitrogens with one attached hydrogen (secondary N) is 3. The Morgan fingerprint density at radius 1 is 1.03 bits per heavy atom. The molecular formula is C23H26N4O2S. The number of aromatic nitrogens is 2. The molecule has 0 aliphatic carbocycles. The first kappa shape index (κ1) is 21.6. The fourth-order valence-corrected chi connectivity index (χ4v) is 3.78. The highest BCUT2D eigenvalue weighted by molar-refractivity contribution is 7.99. The SMILES string of the molecule is CCc1ccccc1NC(=O)CNC(=O)CSc1nc(Cc2ccccc2)c(C)[nH]1. The van der Waals surface area contributed by atoms with E-state index in [-0.39, 0.29) is 24.1 Å². The summed E-state index contributed by atoms with van der Waals surface area (Å²) in [6, 6.07) is 17.8. The van der Waals surface area contributed by atoms with E-state index in [9.17, 15) is 9.59 Å². The molecule has 2 amide bonds. The summed E-state index contributed by atoms with van der Waals surface area (Å²) in [6.45, 7) is 3.95. The molecule has 0 atom stereocenters. The Kier molecular flexibility index (Phi) is 7.68. The molecule has 0 saturated carbocycles. The molecular weight excluding hydrogens is 396 g/mol. The van der Waals surface area contributed by atoms with Gasteiger partial charge in [-0.25, -0.2) is 4.98 Å². The molecule has 0 fully saturated rings. The first-order valence-corrected chi connectivity index (χ1v) is 10.9. The number of rotatable bonds is 9. The number of imidazole rings is 1. The molecule has 7 heteroatoms. The standard InChI is InChI=1S/C23H26N4O2S/c1-3-18-11-7-8-12-19(18)26-21(28)14-24-22(29)15-30-23-25-16(2)20(27-23)13-17-9-5-4-6-10-17/h4-12H,3,13-15H2,1-2H3,(H,24,29)(H,25,27)(H,26,28). The Morgan fingerprint density at radius 2 is 1.77 bits per heavy atom. The summed E-state index contributed by atoms with van der Waals surface area (Å²) in [7, 11) is 0. The summed E-state index contributed by atoms with van der Waals surface area (Å²) in [4.78, 5) is 32.1. The van der Waals surface area contributed by atoms with Gasteiger partial charge in [-0.15, -0.1) is 0 Å². The summed E-state index contributed by atoms with van der Waals surface area (Å²) >= 11 is 1.33. The average molecular weight is 423 g/mol. The van der Waals surface area contributed by atoms with Crippen molar-refractivity contribution in [3.63, 3.8) is 0 Å². The molecule has 0 radical (unpaired) electrons. The average Bonchev–Trinajstić information content (AvgIpc) is 3.11. The van der Waals surface area contributed by atoms with E-state index in [0.717, 1.165) is 35.5 Å². The molecule has 3 rings (SSSR count). The highest BCUT2D eigenvalue weighted by Crippen LogP contribution is 2.19. The van der Waals surface area contributed by atoms with Gasteiger partial charge in [-0.3, -0.25) is 9.59 Å². The highest BCUT2D eigenvalue weighted by atomic mass is 32.2. The molecule has 0 spiro atoms. The molecule has 0 aliphatic rings. The summed E-state index contributed by atoms with van der Waals surface area (Å²) in [5.41, 5.74) is 5.00. The van der Waals surface area contributed by atoms with Crippen LogP contribution in [0.3, 0.4) is 0 Å². The van der Waals surface area contributed by atoms with Gasteiger partial charge in [0.25, 0.3) is 0 Å². The van der Waals surface area contributed by atoms with Gasteiger partial charge in [-0.2, -0.15) is 0 Å². The normalized spacial score (nSPS) is 10.6. The number of nitrogens with zero attached hydrogens (tertiary/aromatic N) is 1. The van der Waals surface area contributed by atoms with E-state index < -0.39 is 0 Å². The number of amides is 2. The molecule has 156 valence electrons. The van der Waals surface area contributed by atoms with Crippen molar-refractivity contribution in [2.24, 2.45) is 0 Å². The van der Waals surface area contributed by atoms with E-state index in [1.165, 1.54) is 17.3 Å². The van der Waals surface area contributed by atoms with Crippen molar-refractivity contribution < 1.29 is 9.59 Å². The van der Waals surface area contributed by atoms with E-state index in [0.29, 0.717) is 5.16 Å². The van der Waals surface area contributed by atoms with Gasteiger partial charge in [0.05, 0.1) is 18.0 Å². The molecule has 2 aromatic carbocycles. The summed E-state index contributed by atoms with van der Waals surface area (Å²) in [5.74, 6) is -0.262. The molecule has 0 aliphatic heterocycles. The predicted molar refractivity (Wildman–Crippen MR) is 121 cm³/mol. The third kappa shape index (κ3) is 6.22. The minimum absolute atomic E-state index is 0.0616. The lowest BCUT2D eigenvalue weighted by atomic mass is 10.1. The van der Waals surface area contributed by atoms with Crippen LogP contribution in [0.2, 0.25) is 0 Å². The van der Waals surface area contributed by atoms with E-state index in [2.05, 4.69) is 32.7 Å². The summed E-state index contributed by atoms with van der Waals surface area (Å²) in [5, 5.41) is 6.21. The predicted octanol–water partition coefficient (Wildman–Crippen LogP) is 3.72. The van der Waals surface area contributed by atoms with Crippen molar-refractivity contribution in [1.29, 1.82) is 0 Å². The van der Waals surface area contributed by atoms with Crippen molar-refractivity contribution in [3.05, 3.63) is 77.1 Å². The minimum atomic E-state index is -0.242. The van der Waals surface area contributed by atoms with Gasteiger partial charge in [-0.05, 0) is 30.5 Å². The Morgan fingerprint density at radius 3 is 2.53 bits per heavy atom. The summed E-state index contributed by atoms with van der Waals surface area (Å²) in [6.07, 6.45) is 1.57. The molecule has 0 unspecified atom stereocenters. The zero-order chi connectivity index (χ0) is 21.3. The van der Waals surface area contributed by atoms with Crippen LogP contribution in [0.15, 0.2) is 59.8 Å². The number of H-pyrrole nitrogens is 1. The van der Waals surface area contributed by atoms with Crippen LogP contribution in [0.1, 0.15) is 29.4 Å². The maximum Gasteiger partial charge on any atom is 0.243 e. The number of carbonyl (C=O) groups is 2. The number of carbonyl (C=O) groups excluding carboxylic acids is 2. The zero-order valence-electron chi connectivity index (χ0n) is 17.2.